The van der Waals surface area contributed by atoms with Gasteiger partial charge in [-0.2, -0.15) is 0 Å². The zero-order valence-electron chi connectivity index (χ0n) is 10.0. The second-order valence-electron chi connectivity index (χ2n) is 4.59. The zero-order valence-corrected chi connectivity index (χ0v) is 10.0. The molecule has 1 aromatic carbocycles. The van der Waals surface area contributed by atoms with Crippen molar-refractivity contribution in [2.45, 2.75) is 31.6 Å². The molecule has 16 heavy (non-hydrogen) atoms. The smallest absolute Gasteiger partial charge is 0.0474 e. The van der Waals surface area contributed by atoms with E-state index in [2.05, 4.69) is 24.3 Å². The van der Waals surface area contributed by atoms with Crippen LogP contribution in [-0.2, 0) is 16.6 Å². The highest BCUT2D eigenvalue weighted by molar-refractivity contribution is 5.39. The lowest BCUT2D eigenvalue weighted by Crippen LogP contribution is -2.34. The number of nitrogens with two attached hydrogens (primary N) is 1. The molecule has 1 aromatic rings. The van der Waals surface area contributed by atoms with Crippen molar-refractivity contribution >= 4 is 0 Å². The topological polar surface area (TPSA) is 35.2 Å². The number of aryl methyl sites for hydroxylation is 1. The van der Waals surface area contributed by atoms with Crippen LogP contribution in [0.3, 0.4) is 0 Å². The summed E-state index contributed by atoms with van der Waals surface area (Å²) in [6.45, 7) is 4.39. The molecule has 1 atom stereocenters. The molecule has 88 valence electrons. The van der Waals surface area contributed by atoms with Crippen LogP contribution in [0.2, 0.25) is 0 Å². The minimum atomic E-state index is 0.172. The molecule has 1 aliphatic carbocycles. The van der Waals surface area contributed by atoms with Gasteiger partial charge in [-0.05, 0) is 37.3 Å². The van der Waals surface area contributed by atoms with Gasteiger partial charge in [-0.25, -0.2) is 0 Å². The molecule has 0 bridgehead atoms. The predicted molar refractivity (Wildman–Crippen MR) is 66.6 cm³/mol. The molecule has 0 heterocycles. The lowest BCUT2D eigenvalue weighted by Gasteiger charge is -2.28. The first kappa shape index (κ1) is 11.6. The van der Waals surface area contributed by atoms with Gasteiger partial charge in [0.25, 0.3) is 0 Å². The molecule has 2 N–H and O–H groups in total. The maximum atomic E-state index is 6.01. The lowest BCUT2D eigenvalue weighted by atomic mass is 9.79. The van der Waals surface area contributed by atoms with E-state index in [1.54, 1.807) is 0 Å². The Kier molecular flexibility index (Phi) is 3.62. The summed E-state index contributed by atoms with van der Waals surface area (Å²) in [5, 5.41) is 0. The van der Waals surface area contributed by atoms with E-state index in [-0.39, 0.29) is 5.41 Å². The maximum absolute atomic E-state index is 6.01. The molecule has 0 radical (unpaired) electrons. The number of rotatable bonds is 5. The maximum Gasteiger partial charge on any atom is 0.0474 e. The van der Waals surface area contributed by atoms with Crippen LogP contribution in [0, 0.1) is 0 Å². The van der Waals surface area contributed by atoms with Crippen LogP contribution >= 0.6 is 0 Å². The summed E-state index contributed by atoms with van der Waals surface area (Å²) >= 11 is 0. The largest absolute Gasteiger partial charge is 0.382 e. The summed E-state index contributed by atoms with van der Waals surface area (Å²) in [4.78, 5) is 0. The van der Waals surface area contributed by atoms with Crippen molar-refractivity contribution < 1.29 is 4.74 Å². The fourth-order valence-electron chi connectivity index (χ4n) is 2.75. The molecule has 0 aromatic heterocycles. The van der Waals surface area contributed by atoms with Crippen LogP contribution in [0.25, 0.3) is 0 Å². The van der Waals surface area contributed by atoms with Gasteiger partial charge in [-0.3, -0.25) is 0 Å². The summed E-state index contributed by atoms with van der Waals surface area (Å²) < 4.78 is 5.48. The van der Waals surface area contributed by atoms with Crippen LogP contribution in [0.5, 0.6) is 0 Å². The molecule has 2 rings (SSSR count). The van der Waals surface area contributed by atoms with E-state index < -0.39 is 0 Å². The Morgan fingerprint density at radius 2 is 2.19 bits per heavy atom. The van der Waals surface area contributed by atoms with Crippen LogP contribution < -0.4 is 5.73 Å². The Labute approximate surface area is 97.8 Å². The molecule has 0 fully saturated rings. The molecule has 0 saturated carbocycles. The Morgan fingerprint density at radius 3 is 2.94 bits per heavy atom. The SMILES string of the molecule is CCOCCC1(CN)CCc2ccccc21. The molecule has 0 saturated heterocycles. The van der Waals surface area contributed by atoms with E-state index in [9.17, 15) is 0 Å². The molecule has 0 spiro atoms. The van der Waals surface area contributed by atoms with Crippen molar-refractivity contribution in [2.75, 3.05) is 19.8 Å². The summed E-state index contributed by atoms with van der Waals surface area (Å²) in [6.07, 6.45) is 3.39. The van der Waals surface area contributed by atoms with E-state index in [4.69, 9.17) is 10.5 Å². The number of hydrogen-bond acceptors (Lipinski definition) is 2. The number of fused-ring (bicyclic) bond motifs is 1. The van der Waals surface area contributed by atoms with Gasteiger partial charge < -0.3 is 10.5 Å². The third-order valence-corrected chi connectivity index (χ3v) is 3.78. The molecule has 0 aliphatic heterocycles. The molecular formula is C14H21NO. The second-order valence-corrected chi connectivity index (χ2v) is 4.59. The highest BCUT2D eigenvalue weighted by Crippen LogP contribution is 2.40. The molecule has 1 unspecified atom stereocenters. The predicted octanol–water partition coefficient (Wildman–Crippen LogP) is 2.26. The van der Waals surface area contributed by atoms with Gasteiger partial charge in [0.05, 0.1) is 0 Å². The first-order chi connectivity index (χ1) is 7.82. The van der Waals surface area contributed by atoms with Gasteiger partial charge in [0, 0.05) is 25.2 Å². The quantitative estimate of drug-likeness (QED) is 0.771. The van der Waals surface area contributed by atoms with E-state index in [0.717, 1.165) is 26.2 Å². The highest BCUT2D eigenvalue weighted by atomic mass is 16.5. The number of ether oxygens (including phenoxy) is 1. The Balaban J connectivity index is 2.17. The van der Waals surface area contributed by atoms with Gasteiger partial charge in [0.2, 0.25) is 0 Å². The van der Waals surface area contributed by atoms with Gasteiger partial charge in [0.1, 0.15) is 0 Å². The summed E-state index contributed by atoms with van der Waals surface area (Å²) in [5.41, 5.74) is 9.11. The Hall–Kier alpha value is -0.860. The van der Waals surface area contributed by atoms with Crippen LogP contribution in [0.15, 0.2) is 24.3 Å². The third kappa shape index (κ3) is 2.00. The second kappa shape index (κ2) is 4.98. The molecular weight excluding hydrogens is 198 g/mol. The van der Waals surface area contributed by atoms with Gasteiger partial charge in [0.15, 0.2) is 0 Å². The van der Waals surface area contributed by atoms with Crippen molar-refractivity contribution in [1.29, 1.82) is 0 Å². The summed E-state index contributed by atoms with van der Waals surface area (Å²) in [7, 11) is 0. The van der Waals surface area contributed by atoms with Gasteiger partial charge in [-0.1, -0.05) is 24.3 Å². The Morgan fingerprint density at radius 1 is 1.38 bits per heavy atom. The van der Waals surface area contributed by atoms with E-state index in [1.165, 1.54) is 24.0 Å². The summed E-state index contributed by atoms with van der Waals surface area (Å²) in [6, 6.07) is 8.71. The van der Waals surface area contributed by atoms with Crippen molar-refractivity contribution in [3.63, 3.8) is 0 Å². The van der Waals surface area contributed by atoms with Crippen molar-refractivity contribution in [1.82, 2.24) is 0 Å². The molecule has 2 nitrogen and oxygen atoms in total. The zero-order chi connectivity index (χ0) is 11.4. The monoisotopic (exact) mass is 219 g/mol. The van der Waals surface area contributed by atoms with Crippen molar-refractivity contribution in [2.24, 2.45) is 5.73 Å². The lowest BCUT2D eigenvalue weighted by molar-refractivity contribution is 0.125. The van der Waals surface area contributed by atoms with Crippen LogP contribution in [0.1, 0.15) is 30.9 Å². The van der Waals surface area contributed by atoms with Crippen molar-refractivity contribution in [3.8, 4) is 0 Å². The highest BCUT2D eigenvalue weighted by Gasteiger charge is 2.36. The number of hydrogen-bond donors (Lipinski definition) is 1. The van der Waals surface area contributed by atoms with Gasteiger partial charge >= 0.3 is 0 Å². The average Bonchev–Trinajstić information content (AvgIpc) is 2.70. The van der Waals surface area contributed by atoms with Crippen molar-refractivity contribution in [3.05, 3.63) is 35.4 Å². The summed E-state index contributed by atoms with van der Waals surface area (Å²) in [5.74, 6) is 0. The molecule has 0 amide bonds. The van der Waals surface area contributed by atoms with E-state index >= 15 is 0 Å². The van der Waals surface area contributed by atoms with E-state index in [1.807, 2.05) is 6.92 Å². The van der Waals surface area contributed by atoms with Crippen LogP contribution in [0.4, 0.5) is 0 Å². The minimum absolute atomic E-state index is 0.172. The molecule has 2 heteroatoms. The average molecular weight is 219 g/mol. The van der Waals surface area contributed by atoms with Crippen LogP contribution in [-0.4, -0.2) is 19.8 Å². The van der Waals surface area contributed by atoms with E-state index in [0.29, 0.717) is 0 Å². The first-order valence-electron chi connectivity index (χ1n) is 6.18. The minimum Gasteiger partial charge on any atom is -0.382 e. The standard InChI is InChI=1S/C14H21NO/c1-2-16-10-9-14(11-15)8-7-12-5-3-4-6-13(12)14/h3-6H,2,7-11,15H2,1H3. The first-order valence-corrected chi connectivity index (χ1v) is 6.18. The third-order valence-electron chi connectivity index (χ3n) is 3.78. The Bertz CT molecular complexity index is 350. The normalized spacial score (nSPS) is 23.4. The molecule has 1 aliphatic rings. The van der Waals surface area contributed by atoms with Gasteiger partial charge in [-0.15, -0.1) is 0 Å². The fraction of sp³-hybridized carbons (Fsp3) is 0.571. The number of benzene rings is 1. The fourth-order valence-corrected chi connectivity index (χ4v) is 2.75.